The van der Waals surface area contributed by atoms with Crippen molar-refractivity contribution >= 4 is 10.8 Å². The molecule has 1 nitrogen and oxygen atoms in total. The summed E-state index contributed by atoms with van der Waals surface area (Å²) in [6, 6.07) is 81.0. The molecule has 7 unspecified atom stereocenters. The molecule has 9 aromatic rings. The number of hydrogen-bond acceptors (Lipinski definition) is 1. The fourth-order valence-corrected chi connectivity index (χ4v) is 11.3. The zero-order chi connectivity index (χ0) is 68.1. The van der Waals surface area contributed by atoms with Gasteiger partial charge in [-0.3, -0.25) is 0 Å². The summed E-state index contributed by atoms with van der Waals surface area (Å²) in [4.78, 5) is 0. The second-order valence-corrected chi connectivity index (χ2v) is 27.7. The molecule has 0 aromatic heterocycles. The fraction of sp³-hybridized carbons (Fsp3) is 0.469. The number of hydrogen-bond donors (Lipinski definition) is 0. The minimum absolute atomic E-state index is 0. The Hall–Kier alpha value is -6.96. The van der Waals surface area contributed by atoms with Crippen LogP contribution in [0.25, 0.3) is 21.9 Å². The third kappa shape index (κ3) is 34.3. The highest BCUT2D eigenvalue weighted by Gasteiger charge is 2.16. The fourth-order valence-electron chi connectivity index (χ4n) is 11.3. The van der Waals surface area contributed by atoms with E-state index < -0.39 is 0 Å². The molecule has 99 heavy (non-hydrogen) atoms. The number of fused-ring (bicyclic) bond motifs is 1. The lowest BCUT2D eigenvalue weighted by Crippen LogP contribution is -2.10. The zero-order valence-corrected chi connectivity index (χ0v) is 61.9. The van der Waals surface area contributed by atoms with Crippen molar-refractivity contribution in [3.63, 3.8) is 0 Å². The minimum Gasteiger partial charge on any atom is -0.497 e. The van der Waals surface area contributed by atoms with E-state index in [1.54, 1.807) is 12.7 Å². The molecule has 0 saturated heterocycles. The minimum atomic E-state index is 0. The van der Waals surface area contributed by atoms with Crippen LogP contribution < -0.4 is 4.74 Å². The van der Waals surface area contributed by atoms with Crippen molar-refractivity contribution in [1.82, 2.24) is 0 Å². The smallest absolute Gasteiger partial charge is 0.118 e. The average molecular weight is 1340 g/mol. The number of ether oxygens (including phenoxy) is 1. The van der Waals surface area contributed by atoms with Crippen molar-refractivity contribution in [2.45, 2.75) is 299 Å². The van der Waals surface area contributed by atoms with E-state index in [0.717, 1.165) is 11.7 Å². The van der Waals surface area contributed by atoms with Crippen molar-refractivity contribution in [2.24, 2.45) is 0 Å². The van der Waals surface area contributed by atoms with Crippen molar-refractivity contribution < 1.29 is 4.74 Å². The third-order valence-corrected chi connectivity index (χ3v) is 19.8. The SMILES string of the molecule is C.C.C.C.C.C.CCC(C)c1ccc(-c2ccccc2)cc1.CCC(C)c1ccc(C(C)(C)C)cc1.CCC(C)c1ccc(C)cc1.CCC(C)c1ccc(C2CCCCC2)cc1.CCC(C)c1ccc(OC)cc1.CCC(C)c1ccc2ccccc2c1.CCC(C)c1ccccc1. The molecule has 1 heteroatoms. The molecule has 7 atom stereocenters. The second kappa shape index (κ2) is 53.0. The first-order valence-electron chi connectivity index (χ1n) is 36.3. The summed E-state index contributed by atoms with van der Waals surface area (Å²) in [5.74, 6) is 6.56. The van der Waals surface area contributed by atoms with Crippen LogP contribution in [-0.2, 0) is 5.41 Å². The van der Waals surface area contributed by atoms with Crippen LogP contribution in [0.2, 0.25) is 0 Å². The predicted molar refractivity (Wildman–Crippen MR) is 455 cm³/mol. The standard InChI is InChI=1S/C16H24.C16H18.C14H16.C14H22.C11H16O.C11H16.C10H14.6CH4/c2*1-3-13(2)14-9-11-16(12-10-14)15-7-5-4-6-8-15;1-3-11(2)13-9-8-12-6-4-5-7-14(12)10-13;1-6-11(2)12-7-9-13(10-8-12)14(3,4)5;1-4-9(2)10-5-7-11(12-3)8-6-10;1-4-10(3)11-7-5-9(2)6-8-11;1-3-9(2)10-7-5-4-6-8-10;;;;;;/h9-13,15H,3-8H2,1-2H3;4-13H,3H2,1-2H3;4-11H,3H2,1-2H3;7-11H,6H2,1-5H3;5-9H,4H2,1-3H3;5-8,10H,4H2,1-3H3;4-9H,3H2,1-2H3;6*1H4. The molecule has 9 aromatic carbocycles. The van der Waals surface area contributed by atoms with E-state index in [-0.39, 0.29) is 50.0 Å². The van der Waals surface area contributed by atoms with Crippen LogP contribution in [0, 0.1) is 6.92 Å². The highest BCUT2D eigenvalue weighted by atomic mass is 16.5. The zero-order valence-electron chi connectivity index (χ0n) is 61.9. The van der Waals surface area contributed by atoms with Crippen molar-refractivity contribution in [3.8, 4) is 16.9 Å². The Morgan fingerprint density at radius 2 is 0.626 bits per heavy atom. The molecule has 0 bridgehead atoms. The lowest BCUT2D eigenvalue weighted by atomic mass is 9.83. The molecule has 0 spiro atoms. The molecule has 1 aliphatic rings. The van der Waals surface area contributed by atoms with Gasteiger partial charge in [0.15, 0.2) is 0 Å². The Morgan fingerprint density at radius 1 is 0.323 bits per heavy atom. The Balaban J connectivity index is -0.00000108. The van der Waals surface area contributed by atoms with E-state index >= 15 is 0 Å². The summed E-state index contributed by atoms with van der Waals surface area (Å²) in [5, 5.41) is 2.69. The number of benzene rings is 9. The Bertz CT molecular complexity index is 3310. The lowest BCUT2D eigenvalue weighted by molar-refractivity contribution is 0.414. The largest absolute Gasteiger partial charge is 0.497 e. The van der Waals surface area contributed by atoms with Crippen LogP contribution in [0.5, 0.6) is 5.75 Å². The van der Waals surface area contributed by atoms with Crippen LogP contribution in [0.3, 0.4) is 0 Å². The van der Waals surface area contributed by atoms with Gasteiger partial charge in [0.25, 0.3) is 0 Å². The second-order valence-electron chi connectivity index (χ2n) is 27.7. The van der Waals surface area contributed by atoms with Gasteiger partial charge in [-0.15, -0.1) is 0 Å². The van der Waals surface area contributed by atoms with E-state index in [9.17, 15) is 0 Å². The molecule has 10 rings (SSSR count). The van der Waals surface area contributed by atoms with Gasteiger partial charge in [0.05, 0.1) is 7.11 Å². The summed E-state index contributed by atoms with van der Waals surface area (Å²) in [6.07, 6.45) is 15.6. The monoisotopic (exact) mass is 1340 g/mol. The van der Waals surface area contributed by atoms with Gasteiger partial charge >= 0.3 is 0 Å². The van der Waals surface area contributed by atoms with Crippen LogP contribution in [0.15, 0.2) is 224 Å². The van der Waals surface area contributed by atoms with Crippen LogP contribution in [0.4, 0.5) is 0 Å². The van der Waals surface area contributed by atoms with E-state index in [2.05, 4.69) is 337 Å². The van der Waals surface area contributed by atoms with Gasteiger partial charge in [0.1, 0.15) is 5.75 Å². The molecule has 0 amide bonds. The van der Waals surface area contributed by atoms with Gasteiger partial charge in [0.2, 0.25) is 0 Å². The molecule has 0 aliphatic heterocycles. The Morgan fingerprint density at radius 3 is 1.01 bits per heavy atom. The molecule has 1 fully saturated rings. The van der Waals surface area contributed by atoms with Crippen LogP contribution >= 0.6 is 0 Å². The Kier molecular flexibility index (Phi) is 51.5. The van der Waals surface area contributed by atoms with Gasteiger partial charge in [-0.25, -0.2) is 0 Å². The molecule has 0 radical (unpaired) electrons. The maximum absolute atomic E-state index is 5.08. The van der Waals surface area contributed by atoms with Gasteiger partial charge in [0, 0.05) is 0 Å². The highest BCUT2D eigenvalue weighted by Crippen LogP contribution is 2.34. The number of rotatable bonds is 17. The molecule has 0 heterocycles. The van der Waals surface area contributed by atoms with Crippen molar-refractivity contribution in [2.75, 3.05) is 7.11 Å². The molecule has 1 aliphatic carbocycles. The van der Waals surface area contributed by atoms with E-state index in [1.807, 2.05) is 12.1 Å². The quantitative estimate of drug-likeness (QED) is 0.0883. The van der Waals surface area contributed by atoms with Crippen molar-refractivity contribution in [1.29, 1.82) is 0 Å². The highest BCUT2D eigenvalue weighted by molar-refractivity contribution is 5.83. The van der Waals surface area contributed by atoms with E-state index in [0.29, 0.717) is 41.4 Å². The maximum Gasteiger partial charge on any atom is 0.118 e. The first-order chi connectivity index (χ1) is 44.7. The molecule has 0 N–H and O–H groups in total. The third-order valence-electron chi connectivity index (χ3n) is 19.8. The van der Waals surface area contributed by atoms with Gasteiger partial charge in [-0.05, 0) is 202 Å². The topological polar surface area (TPSA) is 9.23 Å². The number of methoxy groups -OCH3 is 1. The first kappa shape index (κ1) is 96.2. The Labute approximate surface area is 614 Å². The van der Waals surface area contributed by atoms with Crippen LogP contribution in [-0.4, -0.2) is 7.11 Å². The number of aryl methyl sites for hydroxylation is 1. The van der Waals surface area contributed by atoms with Gasteiger partial charge < -0.3 is 4.74 Å². The molecule has 548 valence electrons. The summed E-state index contributed by atoms with van der Waals surface area (Å²) >= 11 is 0. The van der Waals surface area contributed by atoms with E-state index in [1.165, 1.54) is 149 Å². The molecule has 1 saturated carbocycles. The van der Waals surface area contributed by atoms with E-state index in [4.69, 9.17) is 4.74 Å². The molecular formula is C98H150O. The summed E-state index contributed by atoms with van der Waals surface area (Å²) < 4.78 is 5.08. The molecular weight excluding hydrogens is 1190 g/mol. The van der Waals surface area contributed by atoms with Crippen LogP contribution in [0.1, 0.15) is 342 Å². The van der Waals surface area contributed by atoms with Gasteiger partial charge in [-0.1, -0.05) is 399 Å². The summed E-state index contributed by atoms with van der Waals surface area (Å²) in [7, 11) is 1.69. The first-order valence-corrected chi connectivity index (χ1v) is 36.3. The lowest BCUT2D eigenvalue weighted by Gasteiger charge is -2.22. The van der Waals surface area contributed by atoms with Crippen molar-refractivity contribution in [3.05, 3.63) is 280 Å². The summed E-state index contributed by atoms with van der Waals surface area (Å²) in [6.45, 7) is 40.4. The normalized spacial score (nSPS) is 13.3. The summed E-state index contributed by atoms with van der Waals surface area (Å²) in [5.41, 5.74) is 17.3. The average Bonchev–Trinajstić information content (AvgIpc) is 0.865. The maximum atomic E-state index is 5.08. The predicted octanol–water partition coefficient (Wildman–Crippen LogP) is 32.7. The van der Waals surface area contributed by atoms with Gasteiger partial charge in [-0.2, -0.15) is 0 Å².